The Balaban J connectivity index is 1.71. The van der Waals surface area contributed by atoms with Gasteiger partial charge in [0.1, 0.15) is 0 Å². The second-order valence-electron chi connectivity index (χ2n) is 5.79. The summed E-state index contributed by atoms with van der Waals surface area (Å²) in [4.78, 5) is 25.4. The molecule has 0 aliphatic carbocycles. The molecule has 1 aromatic rings. The van der Waals surface area contributed by atoms with Gasteiger partial charge in [0, 0.05) is 31.0 Å². The number of hydrogen-bond acceptors (Lipinski definition) is 5. The Morgan fingerprint density at radius 1 is 1.19 bits per heavy atom. The maximum Gasteiger partial charge on any atom is 0.253 e. The van der Waals surface area contributed by atoms with Crippen molar-refractivity contribution in [2.45, 2.75) is 32.8 Å². The third kappa shape index (κ3) is 3.15. The number of carbonyl (C=O) groups is 1. The van der Waals surface area contributed by atoms with Crippen molar-refractivity contribution in [3.05, 3.63) is 17.5 Å². The molecule has 2 fully saturated rings. The van der Waals surface area contributed by atoms with E-state index in [1.807, 2.05) is 24.8 Å². The number of ether oxygens (including phenoxy) is 1. The summed E-state index contributed by atoms with van der Waals surface area (Å²) in [7, 11) is 0. The Labute approximate surface area is 125 Å². The van der Waals surface area contributed by atoms with Gasteiger partial charge >= 0.3 is 0 Å². The average molecular weight is 290 g/mol. The summed E-state index contributed by atoms with van der Waals surface area (Å²) in [6, 6.07) is 1.96. The summed E-state index contributed by atoms with van der Waals surface area (Å²) in [6.07, 6.45) is 1.81. The standard InChI is InChI=1S/C15H22N4O2/c1-11-9-12(2)17-15(16-11)19-7-8-21-13(10-19)14(20)18-5-3-4-6-18/h9,13H,3-8,10H2,1-2H3. The van der Waals surface area contributed by atoms with E-state index >= 15 is 0 Å². The first-order chi connectivity index (χ1) is 10.1. The van der Waals surface area contributed by atoms with Crippen LogP contribution >= 0.6 is 0 Å². The molecule has 1 unspecified atom stereocenters. The van der Waals surface area contributed by atoms with Gasteiger partial charge in [-0.15, -0.1) is 0 Å². The largest absolute Gasteiger partial charge is 0.365 e. The molecule has 21 heavy (non-hydrogen) atoms. The van der Waals surface area contributed by atoms with Crippen molar-refractivity contribution >= 4 is 11.9 Å². The first-order valence-corrected chi connectivity index (χ1v) is 7.61. The summed E-state index contributed by atoms with van der Waals surface area (Å²) in [5.41, 5.74) is 1.90. The Morgan fingerprint density at radius 3 is 2.52 bits per heavy atom. The van der Waals surface area contributed by atoms with Crippen LogP contribution in [0, 0.1) is 13.8 Å². The number of aryl methyl sites for hydroxylation is 2. The molecule has 2 saturated heterocycles. The van der Waals surface area contributed by atoms with Crippen LogP contribution < -0.4 is 4.90 Å². The highest BCUT2D eigenvalue weighted by atomic mass is 16.5. The number of aromatic nitrogens is 2. The lowest BCUT2D eigenvalue weighted by atomic mass is 10.2. The quantitative estimate of drug-likeness (QED) is 0.810. The van der Waals surface area contributed by atoms with Crippen LogP contribution in [-0.2, 0) is 9.53 Å². The topological polar surface area (TPSA) is 58.6 Å². The molecular weight excluding hydrogens is 268 g/mol. The minimum absolute atomic E-state index is 0.113. The van der Waals surface area contributed by atoms with Crippen LogP contribution in [0.5, 0.6) is 0 Å². The lowest BCUT2D eigenvalue weighted by Crippen LogP contribution is -2.51. The molecule has 1 atom stereocenters. The Kier molecular flexibility index (Phi) is 4.05. The molecule has 2 aliphatic rings. The van der Waals surface area contributed by atoms with Crippen molar-refractivity contribution in [1.29, 1.82) is 0 Å². The highest BCUT2D eigenvalue weighted by Gasteiger charge is 2.32. The lowest BCUT2D eigenvalue weighted by Gasteiger charge is -2.34. The molecule has 1 amide bonds. The Hall–Kier alpha value is -1.69. The Bertz CT molecular complexity index is 508. The summed E-state index contributed by atoms with van der Waals surface area (Å²) in [5, 5.41) is 0. The molecule has 6 heteroatoms. The van der Waals surface area contributed by atoms with Gasteiger partial charge in [-0.1, -0.05) is 0 Å². The fourth-order valence-corrected chi connectivity index (χ4v) is 2.97. The molecule has 0 bridgehead atoms. The number of rotatable bonds is 2. The number of amides is 1. The van der Waals surface area contributed by atoms with Crippen LogP contribution in [0.25, 0.3) is 0 Å². The molecule has 2 aliphatic heterocycles. The van der Waals surface area contributed by atoms with Crippen molar-refractivity contribution in [1.82, 2.24) is 14.9 Å². The zero-order valence-corrected chi connectivity index (χ0v) is 12.7. The van der Waals surface area contributed by atoms with Gasteiger partial charge in [-0.3, -0.25) is 4.79 Å². The smallest absolute Gasteiger partial charge is 0.253 e. The minimum atomic E-state index is -0.388. The number of hydrogen-bond donors (Lipinski definition) is 0. The van der Waals surface area contributed by atoms with E-state index in [4.69, 9.17) is 4.74 Å². The second-order valence-corrected chi connectivity index (χ2v) is 5.79. The molecule has 0 radical (unpaired) electrons. The van der Waals surface area contributed by atoms with Gasteiger partial charge in [0.05, 0.1) is 13.2 Å². The van der Waals surface area contributed by atoms with Gasteiger partial charge in [0.25, 0.3) is 5.91 Å². The van der Waals surface area contributed by atoms with E-state index in [2.05, 4.69) is 14.9 Å². The monoisotopic (exact) mass is 290 g/mol. The molecule has 0 spiro atoms. The van der Waals surface area contributed by atoms with Gasteiger partial charge in [-0.25, -0.2) is 9.97 Å². The van der Waals surface area contributed by atoms with Gasteiger partial charge in [0.2, 0.25) is 5.95 Å². The lowest BCUT2D eigenvalue weighted by molar-refractivity contribution is -0.143. The first-order valence-electron chi connectivity index (χ1n) is 7.61. The molecule has 1 aromatic heterocycles. The summed E-state index contributed by atoms with van der Waals surface area (Å²) < 4.78 is 5.68. The highest BCUT2D eigenvalue weighted by molar-refractivity contribution is 5.82. The summed E-state index contributed by atoms with van der Waals surface area (Å²) in [6.45, 7) is 7.46. The molecule has 3 rings (SSSR count). The van der Waals surface area contributed by atoms with E-state index < -0.39 is 0 Å². The van der Waals surface area contributed by atoms with E-state index in [1.165, 1.54) is 0 Å². The zero-order chi connectivity index (χ0) is 14.8. The van der Waals surface area contributed by atoms with E-state index in [-0.39, 0.29) is 12.0 Å². The van der Waals surface area contributed by atoms with E-state index in [9.17, 15) is 4.79 Å². The molecule has 6 nitrogen and oxygen atoms in total. The number of likely N-dealkylation sites (tertiary alicyclic amines) is 1. The zero-order valence-electron chi connectivity index (χ0n) is 12.7. The van der Waals surface area contributed by atoms with E-state index in [1.54, 1.807) is 0 Å². The Morgan fingerprint density at radius 2 is 1.86 bits per heavy atom. The predicted molar refractivity (Wildman–Crippen MR) is 79.3 cm³/mol. The normalized spacial score (nSPS) is 22.7. The van der Waals surface area contributed by atoms with Crippen LogP contribution in [-0.4, -0.2) is 59.7 Å². The van der Waals surface area contributed by atoms with Gasteiger partial charge < -0.3 is 14.5 Å². The van der Waals surface area contributed by atoms with Crippen LogP contribution in [0.4, 0.5) is 5.95 Å². The van der Waals surface area contributed by atoms with Crippen molar-refractivity contribution in [3.8, 4) is 0 Å². The van der Waals surface area contributed by atoms with Crippen LogP contribution in [0.3, 0.4) is 0 Å². The minimum Gasteiger partial charge on any atom is -0.365 e. The average Bonchev–Trinajstić information content (AvgIpc) is 3.00. The van der Waals surface area contributed by atoms with Crippen molar-refractivity contribution in [2.75, 3.05) is 37.7 Å². The van der Waals surface area contributed by atoms with Crippen molar-refractivity contribution in [3.63, 3.8) is 0 Å². The molecule has 0 saturated carbocycles. The molecule has 0 aromatic carbocycles. The van der Waals surface area contributed by atoms with E-state index in [0.29, 0.717) is 19.1 Å². The fraction of sp³-hybridized carbons (Fsp3) is 0.667. The van der Waals surface area contributed by atoms with Gasteiger partial charge in [-0.05, 0) is 32.8 Å². The molecule has 3 heterocycles. The second kappa shape index (κ2) is 5.97. The SMILES string of the molecule is Cc1cc(C)nc(N2CCOC(C(=O)N3CCCC3)C2)n1. The maximum absolute atomic E-state index is 12.4. The number of morpholine rings is 1. The van der Waals surface area contributed by atoms with Crippen LogP contribution in [0.2, 0.25) is 0 Å². The summed E-state index contributed by atoms with van der Waals surface area (Å²) in [5.74, 6) is 0.816. The molecular formula is C15H22N4O2. The van der Waals surface area contributed by atoms with Gasteiger partial charge in [0.15, 0.2) is 6.10 Å². The van der Waals surface area contributed by atoms with Crippen molar-refractivity contribution in [2.24, 2.45) is 0 Å². The van der Waals surface area contributed by atoms with Crippen LogP contribution in [0.15, 0.2) is 6.07 Å². The van der Waals surface area contributed by atoms with E-state index in [0.717, 1.165) is 43.9 Å². The highest BCUT2D eigenvalue weighted by Crippen LogP contribution is 2.17. The predicted octanol–water partition coefficient (Wildman–Crippen LogP) is 0.921. The maximum atomic E-state index is 12.4. The molecule has 0 N–H and O–H groups in total. The first kappa shape index (κ1) is 14.3. The molecule has 114 valence electrons. The van der Waals surface area contributed by atoms with Crippen molar-refractivity contribution < 1.29 is 9.53 Å². The third-order valence-corrected chi connectivity index (χ3v) is 4.01. The van der Waals surface area contributed by atoms with Crippen LogP contribution in [0.1, 0.15) is 24.2 Å². The third-order valence-electron chi connectivity index (χ3n) is 4.01. The van der Waals surface area contributed by atoms with Gasteiger partial charge in [-0.2, -0.15) is 0 Å². The summed E-state index contributed by atoms with van der Waals surface area (Å²) >= 11 is 0. The fourth-order valence-electron chi connectivity index (χ4n) is 2.97. The number of carbonyl (C=O) groups excluding carboxylic acids is 1. The number of nitrogens with zero attached hydrogens (tertiary/aromatic N) is 4. The number of anilines is 1.